The zero-order valence-corrected chi connectivity index (χ0v) is 19.4. The van der Waals surface area contributed by atoms with E-state index in [1.165, 1.54) is 44.9 Å². The van der Waals surface area contributed by atoms with Crippen LogP contribution in [0.5, 0.6) is 0 Å². The van der Waals surface area contributed by atoms with Crippen molar-refractivity contribution in [1.82, 2.24) is 15.5 Å². The van der Waals surface area contributed by atoms with Gasteiger partial charge in [-0.25, -0.2) is 0 Å². The maximum absolute atomic E-state index is 9.48. The molecule has 0 saturated heterocycles. The summed E-state index contributed by atoms with van der Waals surface area (Å²) in [7, 11) is 0. The van der Waals surface area contributed by atoms with E-state index in [0.717, 1.165) is 44.6 Å². The Morgan fingerprint density at radius 1 is 1.19 bits per heavy atom. The highest BCUT2D eigenvalue weighted by Gasteiger charge is 2.32. The molecule has 2 aliphatic rings. The third-order valence-corrected chi connectivity index (χ3v) is 5.81. The molecule has 0 atom stereocenters. The number of rotatable bonds is 10. The van der Waals surface area contributed by atoms with Crippen LogP contribution < -0.4 is 10.6 Å². The van der Waals surface area contributed by atoms with Crippen molar-refractivity contribution in [2.75, 3.05) is 32.8 Å². The van der Waals surface area contributed by atoms with Crippen LogP contribution in [0.4, 0.5) is 0 Å². The Labute approximate surface area is 177 Å². The quantitative estimate of drug-likeness (QED) is 0.255. The van der Waals surface area contributed by atoms with Gasteiger partial charge in [-0.05, 0) is 58.3 Å². The van der Waals surface area contributed by atoms with Gasteiger partial charge in [0.2, 0.25) is 0 Å². The van der Waals surface area contributed by atoms with Gasteiger partial charge in [0.1, 0.15) is 0 Å². The molecule has 26 heavy (non-hydrogen) atoms. The monoisotopic (exact) mass is 480 g/mol. The molecule has 0 aromatic heterocycles. The van der Waals surface area contributed by atoms with Gasteiger partial charge < -0.3 is 15.7 Å². The highest BCUT2D eigenvalue weighted by Crippen LogP contribution is 2.39. The molecule has 2 rings (SSSR count). The fourth-order valence-corrected chi connectivity index (χ4v) is 4.19. The minimum Gasteiger partial charge on any atom is -0.396 e. The number of aliphatic hydroxyl groups excluding tert-OH is 1. The van der Waals surface area contributed by atoms with Crippen LogP contribution in [0.15, 0.2) is 4.99 Å². The molecule has 0 aliphatic heterocycles. The maximum Gasteiger partial charge on any atom is 0.191 e. The maximum atomic E-state index is 9.48. The molecular weight excluding hydrogens is 439 g/mol. The standard InChI is InChI=1S/C20H40N4O.HI/c1-4-21-19(22-13-14-24(17(2)3)18-8-9-18)23-16-20(12-15-25)10-6-5-7-11-20;/h17-18,25H,4-16H2,1-3H3,(H2,21,22,23);1H. The first-order chi connectivity index (χ1) is 12.1. The Balaban J connectivity index is 0.00000338. The topological polar surface area (TPSA) is 59.9 Å². The highest BCUT2D eigenvalue weighted by molar-refractivity contribution is 14.0. The van der Waals surface area contributed by atoms with E-state index in [1.807, 2.05) is 0 Å². The molecule has 154 valence electrons. The Morgan fingerprint density at radius 2 is 1.88 bits per heavy atom. The second-order valence-corrected chi connectivity index (χ2v) is 8.22. The number of guanidine groups is 1. The molecule has 0 radical (unpaired) electrons. The van der Waals surface area contributed by atoms with E-state index in [0.29, 0.717) is 6.04 Å². The van der Waals surface area contributed by atoms with Crippen LogP contribution in [0.25, 0.3) is 0 Å². The zero-order valence-electron chi connectivity index (χ0n) is 17.1. The number of aliphatic hydroxyl groups is 1. The average molecular weight is 480 g/mol. The van der Waals surface area contributed by atoms with Crippen LogP contribution in [-0.4, -0.2) is 60.8 Å². The number of hydrogen-bond acceptors (Lipinski definition) is 3. The SMILES string of the molecule is CCNC(=NCC1(CCO)CCCCC1)NCCN(C(C)C)C1CC1.I. The summed E-state index contributed by atoms with van der Waals surface area (Å²) in [5, 5.41) is 16.4. The molecule has 0 aromatic rings. The molecule has 0 bridgehead atoms. The van der Waals surface area contributed by atoms with Gasteiger partial charge in [0.25, 0.3) is 0 Å². The van der Waals surface area contributed by atoms with E-state index in [9.17, 15) is 5.11 Å². The number of halogens is 1. The number of nitrogens with zero attached hydrogens (tertiary/aromatic N) is 2. The molecule has 6 heteroatoms. The van der Waals surface area contributed by atoms with Gasteiger partial charge in [-0.15, -0.1) is 24.0 Å². The summed E-state index contributed by atoms with van der Waals surface area (Å²) in [4.78, 5) is 7.50. The van der Waals surface area contributed by atoms with E-state index >= 15 is 0 Å². The summed E-state index contributed by atoms with van der Waals surface area (Å²) in [5.74, 6) is 0.935. The Morgan fingerprint density at radius 3 is 2.42 bits per heavy atom. The van der Waals surface area contributed by atoms with Gasteiger partial charge in [-0.2, -0.15) is 0 Å². The first kappa shape index (κ1) is 24.0. The van der Waals surface area contributed by atoms with Crippen LogP contribution in [0.1, 0.15) is 72.1 Å². The minimum atomic E-state index is 0. The van der Waals surface area contributed by atoms with Gasteiger partial charge in [-0.1, -0.05) is 19.3 Å². The summed E-state index contributed by atoms with van der Waals surface area (Å²) in [6, 6.07) is 1.42. The Kier molecular flexibility index (Phi) is 11.4. The summed E-state index contributed by atoms with van der Waals surface area (Å²) in [6.07, 6.45) is 9.92. The van der Waals surface area contributed by atoms with E-state index in [4.69, 9.17) is 4.99 Å². The lowest BCUT2D eigenvalue weighted by Crippen LogP contribution is -2.44. The first-order valence-corrected chi connectivity index (χ1v) is 10.5. The Hall–Kier alpha value is -0.0800. The lowest BCUT2D eigenvalue weighted by Gasteiger charge is -2.35. The number of aliphatic imine (C=N–C) groups is 1. The van der Waals surface area contributed by atoms with Gasteiger partial charge in [0, 0.05) is 44.9 Å². The van der Waals surface area contributed by atoms with Gasteiger partial charge >= 0.3 is 0 Å². The molecule has 0 aromatic carbocycles. The second-order valence-electron chi connectivity index (χ2n) is 8.22. The third-order valence-electron chi connectivity index (χ3n) is 5.81. The molecule has 0 heterocycles. The van der Waals surface area contributed by atoms with Crippen LogP contribution in [-0.2, 0) is 0 Å². The largest absolute Gasteiger partial charge is 0.396 e. The van der Waals surface area contributed by atoms with Crippen molar-refractivity contribution < 1.29 is 5.11 Å². The summed E-state index contributed by atoms with van der Waals surface area (Å²) >= 11 is 0. The summed E-state index contributed by atoms with van der Waals surface area (Å²) in [5.41, 5.74) is 0.216. The van der Waals surface area contributed by atoms with Gasteiger partial charge in [0.15, 0.2) is 5.96 Å². The molecule has 0 spiro atoms. The third kappa shape index (κ3) is 7.89. The molecular formula is C20H41IN4O. The number of nitrogens with one attached hydrogen (secondary N) is 2. The molecule has 0 unspecified atom stereocenters. The summed E-state index contributed by atoms with van der Waals surface area (Å²) < 4.78 is 0. The van der Waals surface area contributed by atoms with Gasteiger partial charge in [0.05, 0.1) is 0 Å². The van der Waals surface area contributed by atoms with E-state index < -0.39 is 0 Å². The fourth-order valence-electron chi connectivity index (χ4n) is 4.19. The van der Waals surface area contributed by atoms with Crippen LogP contribution in [0.2, 0.25) is 0 Å². The fraction of sp³-hybridized carbons (Fsp3) is 0.950. The predicted octanol–water partition coefficient (Wildman–Crippen LogP) is 3.37. The first-order valence-electron chi connectivity index (χ1n) is 10.5. The van der Waals surface area contributed by atoms with E-state index in [-0.39, 0.29) is 36.0 Å². The zero-order chi connectivity index (χ0) is 18.1. The lowest BCUT2D eigenvalue weighted by atomic mass is 9.72. The molecule has 2 aliphatic carbocycles. The summed E-state index contributed by atoms with van der Waals surface area (Å²) in [6.45, 7) is 10.7. The van der Waals surface area contributed by atoms with E-state index in [2.05, 4.69) is 36.3 Å². The molecule has 2 saturated carbocycles. The van der Waals surface area contributed by atoms with Crippen LogP contribution in [0, 0.1) is 5.41 Å². The number of hydrogen-bond donors (Lipinski definition) is 3. The van der Waals surface area contributed by atoms with Crippen LogP contribution in [0.3, 0.4) is 0 Å². The lowest BCUT2D eigenvalue weighted by molar-refractivity contribution is 0.137. The Bertz CT molecular complexity index is 399. The van der Waals surface area contributed by atoms with Crippen molar-refractivity contribution in [3.05, 3.63) is 0 Å². The molecule has 5 nitrogen and oxygen atoms in total. The average Bonchev–Trinajstić information content (AvgIpc) is 3.42. The molecule has 3 N–H and O–H groups in total. The van der Waals surface area contributed by atoms with Crippen molar-refractivity contribution in [3.63, 3.8) is 0 Å². The molecule has 2 fully saturated rings. The minimum absolute atomic E-state index is 0. The second kappa shape index (κ2) is 12.4. The smallest absolute Gasteiger partial charge is 0.191 e. The normalized spacial score (nSPS) is 20.2. The van der Waals surface area contributed by atoms with Crippen LogP contribution >= 0.6 is 24.0 Å². The predicted molar refractivity (Wildman–Crippen MR) is 121 cm³/mol. The molecule has 0 amide bonds. The van der Waals surface area contributed by atoms with Gasteiger partial charge in [-0.3, -0.25) is 9.89 Å². The van der Waals surface area contributed by atoms with Crippen molar-refractivity contribution in [2.24, 2.45) is 10.4 Å². The highest BCUT2D eigenvalue weighted by atomic mass is 127. The van der Waals surface area contributed by atoms with Crippen molar-refractivity contribution in [1.29, 1.82) is 0 Å². The van der Waals surface area contributed by atoms with Crippen molar-refractivity contribution in [3.8, 4) is 0 Å². The van der Waals surface area contributed by atoms with E-state index in [1.54, 1.807) is 0 Å². The van der Waals surface area contributed by atoms with Crippen molar-refractivity contribution >= 4 is 29.9 Å². The van der Waals surface area contributed by atoms with Crippen molar-refractivity contribution in [2.45, 2.75) is 84.2 Å².